The first-order chi connectivity index (χ1) is 17.2. The van der Waals surface area contributed by atoms with E-state index in [0.29, 0.717) is 36.2 Å². The van der Waals surface area contributed by atoms with Gasteiger partial charge in [0, 0.05) is 37.0 Å². The van der Waals surface area contributed by atoms with Crippen molar-refractivity contribution in [1.82, 2.24) is 10.3 Å². The molecule has 1 saturated heterocycles. The number of pyridine rings is 1. The minimum absolute atomic E-state index is 0.0194. The summed E-state index contributed by atoms with van der Waals surface area (Å²) in [6.45, 7) is 10.2. The number of methoxy groups -OCH3 is 1. The Hall–Kier alpha value is -3.05. The van der Waals surface area contributed by atoms with Gasteiger partial charge in [-0.05, 0) is 67.7 Å². The molecule has 188 valence electrons. The molecule has 3 heterocycles. The number of carbonyl (C=O) groups excluding carboxylic acids is 2. The smallest absolute Gasteiger partial charge is 0.246 e. The zero-order chi connectivity index (χ0) is 25.8. The lowest BCUT2D eigenvalue weighted by molar-refractivity contribution is -0.117. The fraction of sp³-hybridized carbons (Fsp3) is 0.393. The van der Waals surface area contributed by atoms with Crippen molar-refractivity contribution in [3.63, 3.8) is 0 Å². The Morgan fingerprint density at radius 3 is 2.81 bits per heavy atom. The van der Waals surface area contributed by atoms with Crippen molar-refractivity contribution in [3.05, 3.63) is 64.9 Å². The normalized spacial score (nSPS) is 23.2. The first kappa shape index (κ1) is 24.6. The Balaban J connectivity index is 1.50. The van der Waals surface area contributed by atoms with Crippen LogP contribution in [0.2, 0.25) is 0 Å². The molecular formula is C28H30FN2O4P. The van der Waals surface area contributed by atoms with Crippen LogP contribution in [0.4, 0.5) is 9.18 Å². The molecule has 0 saturated carbocycles. The Bertz CT molecular complexity index is 1410. The van der Waals surface area contributed by atoms with Crippen molar-refractivity contribution in [2.45, 2.75) is 52.0 Å². The molecule has 1 fully saturated rings. The minimum atomic E-state index is -1.22. The molecule has 0 spiro atoms. The summed E-state index contributed by atoms with van der Waals surface area (Å²) in [4.78, 5) is 30.3. The van der Waals surface area contributed by atoms with Crippen LogP contribution in [0, 0.1) is 24.6 Å². The maximum atomic E-state index is 14.9. The Morgan fingerprint density at radius 1 is 1.36 bits per heavy atom. The number of aromatic nitrogens is 1. The molecule has 8 heteroatoms. The average Bonchev–Trinajstić information content (AvgIpc) is 3.39. The van der Waals surface area contributed by atoms with Crippen LogP contribution in [0.5, 0.6) is 5.75 Å². The molecule has 6 nitrogen and oxygen atoms in total. The number of nitrogens with one attached hydrogen (secondary N) is 1. The molecule has 3 aromatic rings. The molecule has 2 aromatic heterocycles. The summed E-state index contributed by atoms with van der Waals surface area (Å²) in [6, 6.07) is 5.38. The third kappa shape index (κ3) is 3.85. The first-order valence-corrected chi connectivity index (χ1v) is 13.2. The number of furan rings is 1. The fourth-order valence-electron chi connectivity index (χ4n) is 5.81. The standard InChI is InChI=1S/C28H30FN2O4P/c1-6-20-16(4)30-13-19-11-22(35-25(19)20)28(26(32)36-27(33)31-28)12-15(3)18-9-14(2)23-17(10-18)7-8-21(34-5)24(23)29/h7-8,11,13,15,18,36H,2,6,9-10,12H2,1,3-5H3,(H,31,33). The molecule has 1 N–H and O–H groups in total. The van der Waals surface area contributed by atoms with Gasteiger partial charge in [-0.2, -0.15) is 0 Å². The van der Waals surface area contributed by atoms with Gasteiger partial charge in [-0.15, -0.1) is 0 Å². The second-order valence-corrected chi connectivity index (χ2v) is 11.1. The number of carbonyl (C=O) groups is 2. The lowest BCUT2D eigenvalue weighted by Crippen LogP contribution is -2.45. The zero-order valence-corrected chi connectivity index (χ0v) is 22.0. The Labute approximate surface area is 211 Å². The number of benzene rings is 1. The van der Waals surface area contributed by atoms with Crippen molar-refractivity contribution < 1.29 is 23.1 Å². The van der Waals surface area contributed by atoms with Crippen LogP contribution in [-0.2, 0) is 23.2 Å². The number of hydrogen-bond donors (Lipinski definition) is 1. The maximum absolute atomic E-state index is 14.9. The van der Waals surface area contributed by atoms with E-state index < -0.39 is 14.1 Å². The second-order valence-electron chi connectivity index (χ2n) is 9.95. The second kappa shape index (κ2) is 9.11. The molecule has 1 aliphatic heterocycles. The summed E-state index contributed by atoms with van der Waals surface area (Å²) in [7, 11) is 0.992. The Morgan fingerprint density at radius 2 is 2.14 bits per heavy atom. The summed E-state index contributed by atoms with van der Waals surface area (Å²) >= 11 is 0. The first-order valence-electron chi connectivity index (χ1n) is 12.2. The van der Waals surface area contributed by atoms with Crippen LogP contribution in [0.25, 0.3) is 16.5 Å². The van der Waals surface area contributed by atoms with E-state index in [0.717, 1.165) is 34.2 Å². The van der Waals surface area contributed by atoms with E-state index in [1.807, 2.05) is 26.0 Å². The van der Waals surface area contributed by atoms with Crippen molar-refractivity contribution >= 4 is 36.3 Å². The van der Waals surface area contributed by atoms with Gasteiger partial charge in [0.25, 0.3) is 0 Å². The molecular weight excluding hydrogens is 478 g/mol. The molecule has 1 aliphatic carbocycles. The summed E-state index contributed by atoms with van der Waals surface area (Å²) in [5.74, 6) is 0.441. The van der Waals surface area contributed by atoms with Crippen LogP contribution < -0.4 is 10.1 Å². The third-order valence-corrected chi connectivity index (χ3v) is 8.78. The molecule has 4 atom stereocenters. The van der Waals surface area contributed by atoms with Gasteiger partial charge >= 0.3 is 0 Å². The lowest BCUT2D eigenvalue weighted by atomic mass is 9.71. The van der Waals surface area contributed by atoms with Crippen molar-refractivity contribution in [3.8, 4) is 5.75 Å². The van der Waals surface area contributed by atoms with Gasteiger partial charge in [-0.1, -0.05) is 26.5 Å². The van der Waals surface area contributed by atoms with E-state index in [1.165, 1.54) is 7.11 Å². The van der Waals surface area contributed by atoms with Gasteiger partial charge in [0.15, 0.2) is 22.6 Å². The van der Waals surface area contributed by atoms with Gasteiger partial charge in [0.2, 0.25) is 5.65 Å². The van der Waals surface area contributed by atoms with Gasteiger partial charge < -0.3 is 14.5 Å². The highest BCUT2D eigenvalue weighted by Gasteiger charge is 2.51. The van der Waals surface area contributed by atoms with Gasteiger partial charge in [-0.25, -0.2) is 4.39 Å². The number of rotatable bonds is 6. The van der Waals surface area contributed by atoms with Gasteiger partial charge in [0.05, 0.1) is 7.11 Å². The van der Waals surface area contributed by atoms with E-state index >= 15 is 0 Å². The molecule has 1 amide bonds. The van der Waals surface area contributed by atoms with Crippen molar-refractivity contribution in [1.29, 1.82) is 0 Å². The molecule has 1 aromatic carbocycles. The molecule has 36 heavy (non-hydrogen) atoms. The topological polar surface area (TPSA) is 81.4 Å². The SMILES string of the molecule is C=C1CC(C(C)CC2(c3cc4cnc(C)c(CC)c4o3)NC(=O)PC2=O)Cc2ccc(OC)c(F)c21. The molecule has 4 unspecified atom stereocenters. The summed E-state index contributed by atoms with van der Waals surface area (Å²) < 4.78 is 26.4. The summed E-state index contributed by atoms with van der Waals surface area (Å²) in [5.41, 5.74) is 3.09. The number of amides is 1. The lowest BCUT2D eigenvalue weighted by Gasteiger charge is -2.35. The number of halogens is 1. The van der Waals surface area contributed by atoms with E-state index in [9.17, 15) is 14.0 Å². The van der Waals surface area contributed by atoms with Crippen LogP contribution >= 0.6 is 8.58 Å². The minimum Gasteiger partial charge on any atom is -0.494 e. The van der Waals surface area contributed by atoms with Crippen molar-refractivity contribution in [2.75, 3.05) is 7.11 Å². The summed E-state index contributed by atoms with van der Waals surface area (Å²) in [5, 5.41) is 3.80. The van der Waals surface area contributed by atoms with E-state index in [1.54, 1.807) is 12.3 Å². The fourth-order valence-corrected chi connectivity index (χ4v) is 6.80. The van der Waals surface area contributed by atoms with Crippen LogP contribution in [0.3, 0.4) is 0 Å². The van der Waals surface area contributed by atoms with E-state index in [2.05, 4.69) is 23.8 Å². The monoisotopic (exact) mass is 508 g/mol. The number of aryl methyl sites for hydroxylation is 2. The number of nitrogens with zero attached hydrogens (tertiary/aromatic N) is 1. The van der Waals surface area contributed by atoms with Crippen LogP contribution in [-0.4, -0.2) is 23.3 Å². The largest absolute Gasteiger partial charge is 0.494 e. The maximum Gasteiger partial charge on any atom is 0.246 e. The van der Waals surface area contributed by atoms with Crippen LogP contribution in [0.1, 0.15) is 54.8 Å². The van der Waals surface area contributed by atoms with Gasteiger partial charge in [-0.3, -0.25) is 14.6 Å². The van der Waals surface area contributed by atoms with Crippen molar-refractivity contribution in [2.24, 2.45) is 11.8 Å². The predicted octanol–water partition coefficient (Wildman–Crippen LogP) is 6.27. The molecule has 0 bridgehead atoms. The third-order valence-electron chi connectivity index (χ3n) is 7.77. The van der Waals surface area contributed by atoms with Gasteiger partial charge in [0.1, 0.15) is 11.3 Å². The molecule has 5 rings (SSSR count). The quantitative estimate of drug-likeness (QED) is 0.397. The number of ether oxygens (including phenoxy) is 1. The van der Waals surface area contributed by atoms with E-state index in [4.69, 9.17) is 9.15 Å². The number of hydrogen-bond acceptors (Lipinski definition) is 5. The highest BCUT2D eigenvalue weighted by atomic mass is 31.1. The summed E-state index contributed by atoms with van der Waals surface area (Å²) in [6.07, 6.45) is 4.15. The zero-order valence-electron chi connectivity index (χ0n) is 21.0. The highest BCUT2D eigenvalue weighted by Crippen LogP contribution is 2.48. The molecule has 2 aliphatic rings. The predicted molar refractivity (Wildman–Crippen MR) is 139 cm³/mol. The molecule has 0 radical (unpaired) electrons. The highest BCUT2D eigenvalue weighted by molar-refractivity contribution is 7.74. The van der Waals surface area contributed by atoms with Crippen LogP contribution in [0.15, 0.2) is 35.4 Å². The Kier molecular flexibility index (Phi) is 6.24. The number of allylic oxidation sites excluding steroid dienone is 1. The number of fused-ring (bicyclic) bond motifs is 2. The average molecular weight is 509 g/mol. The van der Waals surface area contributed by atoms with E-state index in [-0.39, 0.29) is 34.6 Å².